The van der Waals surface area contributed by atoms with Crippen LogP contribution in [0.2, 0.25) is 0 Å². The maximum Gasteiger partial charge on any atom is 0.311 e. The van der Waals surface area contributed by atoms with Crippen LogP contribution in [0.25, 0.3) is 0 Å². The molecule has 0 saturated carbocycles. The summed E-state index contributed by atoms with van der Waals surface area (Å²) in [6.45, 7) is 2.60. The van der Waals surface area contributed by atoms with E-state index in [0.29, 0.717) is 12.4 Å². The van der Waals surface area contributed by atoms with E-state index in [1.165, 1.54) is 6.07 Å². The minimum Gasteiger partial charge on any atom is -0.487 e. The molecule has 0 radical (unpaired) electrons. The summed E-state index contributed by atoms with van der Waals surface area (Å²) in [5.74, 6) is 0.580. The Kier molecular flexibility index (Phi) is 5.77. The van der Waals surface area contributed by atoms with E-state index in [4.69, 9.17) is 16.3 Å². The molecule has 0 N–H and O–H groups in total. The van der Waals surface area contributed by atoms with Crippen molar-refractivity contribution in [2.24, 2.45) is 0 Å². The molecule has 0 aliphatic carbocycles. The van der Waals surface area contributed by atoms with E-state index in [1.54, 1.807) is 12.1 Å². The van der Waals surface area contributed by atoms with Crippen molar-refractivity contribution in [2.45, 2.75) is 32.1 Å². The van der Waals surface area contributed by atoms with Crippen LogP contribution < -0.4 is 4.74 Å². The van der Waals surface area contributed by atoms with E-state index >= 15 is 0 Å². The monoisotopic (exact) mass is 257 g/mol. The zero-order chi connectivity index (χ0) is 12.7. The zero-order valence-electron chi connectivity index (χ0n) is 9.82. The molecule has 1 aromatic carbocycles. The first-order valence-corrected chi connectivity index (χ1v) is 6.18. The van der Waals surface area contributed by atoms with Gasteiger partial charge in [-0.3, -0.25) is 10.1 Å². The van der Waals surface area contributed by atoms with Crippen molar-refractivity contribution in [3.05, 3.63) is 33.9 Å². The molecule has 0 aliphatic heterocycles. The number of benzene rings is 1. The minimum atomic E-state index is -0.439. The van der Waals surface area contributed by atoms with Gasteiger partial charge in [0.05, 0.1) is 11.5 Å². The Morgan fingerprint density at radius 2 is 2.18 bits per heavy atom. The molecule has 4 nitrogen and oxygen atoms in total. The quantitative estimate of drug-likeness (QED) is 0.322. The lowest BCUT2D eigenvalue weighted by Gasteiger charge is -2.07. The molecule has 17 heavy (non-hydrogen) atoms. The van der Waals surface area contributed by atoms with Gasteiger partial charge in [-0.15, -0.1) is 11.6 Å². The van der Waals surface area contributed by atoms with E-state index in [-0.39, 0.29) is 11.6 Å². The van der Waals surface area contributed by atoms with E-state index in [0.717, 1.165) is 24.8 Å². The molecule has 0 bridgehead atoms. The molecule has 0 aromatic heterocycles. The SMILES string of the molecule is CCCCCOc1ccc(CCl)cc1[N+](=O)[O-]. The third-order valence-electron chi connectivity index (χ3n) is 2.38. The molecule has 0 aliphatic rings. The third-order valence-corrected chi connectivity index (χ3v) is 2.69. The normalized spacial score (nSPS) is 10.2. The number of alkyl halides is 1. The highest BCUT2D eigenvalue weighted by atomic mass is 35.5. The van der Waals surface area contributed by atoms with Crippen LogP contribution in [0.4, 0.5) is 5.69 Å². The molecule has 0 unspecified atom stereocenters. The Morgan fingerprint density at radius 3 is 2.76 bits per heavy atom. The fourth-order valence-corrected chi connectivity index (χ4v) is 1.61. The number of nitro benzene ring substituents is 1. The number of halogens is 1. The van der Waals surface area contributed by atoms with Crippen molar-refractivity contribution in [3.8, 4) is 5.75 Å². The molecule has 1 aromatic rings. The van der Waals surface area contributed by atoms with Gasteiger partial charge in [-0.05, 0) is 18.1 Å². The highest BCUT2D eigenvalue weighted by molar-refractivity contribution is 6.17. The van der Waals surface area contributed by atoms with E-state index < -0.39 is 4.92 Å². The highest BCUT2D eigenvalue weighted by Gasteiger charge is 2.15. The molecular formula is C12H16ClNO3. The largest absolute Gasteiger partial charge is 0.487 e. The summed E-state index contributed by atoms with van der Waals surface area (Å²) < 4.78 is 5.42. The summed E-state index contributed by atoms with van der Waals surface area (Å²) in [5.41, 5.74) is 0.707. The predicted octanol–water partition coefficient (Wildman–Crippen LogP) is 3.90. The number of nitrogens with zero attached hydrogens (tertiary/aromatic N) is 1. The predicted molar refractivity (Wildman–Crippen MR) is 67.7 cm³/mol. The standard InChI is InChI=1S/C12H16ClNO3/c1-2-3-4-7-17-12-6-5-10(9-13)8-11(12)14(15)16/h5-6,8H,2-4,7,9H2,1H3. The lowest BCUT2D eigenvalue weighted by Crippen LogP contribution is -2.01. The average molecular weight is 258 g/mol. The van der Waals surface area contributed by atoms with Gasteiger partial charge < -0.3 is 4.74 Å². The number of hydrogen-bond acceptors (Lipinski definition) is 3. The van der Waals surface area contributed by atoms with E-state index in [9.17, 15) is 10.1 Å². The molecule has 0 amide bonds. The Hall–Kier alpha value is -1.29. The molecule has 0 spiro atoms. The molecule has 5 heteroatoms. The van der Waals surface area contributed by atoms with Crippen molar-refractivity contribution >= 4 is 17.3 Å². The lowest BCUT2D eigenvalue weighted by molar-refractivity contribution is -0.385. The first-order chi connectivity index (χ1) is 8.19. The van der Waals surface area contributed by atoms with Crippen molar-refractivity contribution in [3.63, 3.8) is 0 Å². The van der Waals surface area contributed by atoms with E-state index in [1.807, 2.05) is 0 Å². The Bertz CT molecular complexity index is 382. The van der Waals surface area contributed by atoms with Crippen LogP contribution in [0.5, 0.6) is 5.75 Å². The lowest BCUT2D eigenvalue weighted by atomic mass is 10.2. The van der Waals surface area contributed by atoms with Crippen molar-refractivity contribution in [1.29, 1.82) is 0 Å². The van der Waals surface area contributed by atoms with Gasteiger partial charge in [0.25, 0.3) is 0 Å². The van der Waals surface area contributed by atoms with Crippen LogP contribution in [0.3, 0.4) is 0 Å². The number of hydrogen-bond donors (Lipinski definition) is 0. The average Bonchev–Trinajstić information content (AvgIpc) is 2.34. The maximum absolute atomic E-state index is 10.9. The van der Waals surface area contributed by atoms with Crippen LogP contribution in [-0.2, 0) is 5.88 Å². The number of unbranched alkanes of at least 4 members (excludes halogenated alkanes) is 2. The van der Waals surface area contributed by atoms with Gasteiger partial charge in [0.15, 0.2) is 5.75 Å². The first kappa shape index (κ1) is 13.8. The van der Waals surface area contributed by atoms with E-state index in [2.05, 4.69) is 6.92 Å². The fourth-order valence-electron chi connectivity index (χ4n) is 1.44. The Labute approximate surface area is 106 Å². The zero-order valence-corrected chi connectivity index (χ0v) is 10.6. The third kappa shape index (κ3) is 4.23. The van der Waals surface area contributed by atoms with Crippen LogP contribution in [0.15, 0.2) is 18.2 Å². The smallest absolute Gasteiger partial charge is 0.311 e. The van der Waals surface area contributed by atoms with Crippen molar-refractivity contribution < 1.29 is 9.66 Å². The topological polar surface area (TPSA) is 52.4 Å². The van der Waals surface area contributed by atoms with Crippen LogP contribution in [0.1, 0.15) is 31.7 Å². The molecule has 0 heterocycles. The van der Waals surface area contributed by atoms with Gasteiger partial charge in [-0.25, -0.2) is 0 Å². The number of nitro groups is 1. The summed E-state index contributed by atoms with van der Waals surface area (Å²) in [4.78, 5) is 10.4. The summed E-state index contributed by atoms with van der Waals surface area (Å²) in [5, 5.41) is 10.9. The molecule has 0 saturated heterocycles. The molecule has 1 rings (SSSR count). The Morgan fingerprint density at radius 1 is 1.41 bits per heavy atom. The minimum absolute atomic E-state index is 0.0142. The molecule has 94 valence electrons. The van der Waals surface area contributed by atoms with Gasteiger partial charge in [-0.1, -0.05) is 25.8 Å². The van der Waals surface area contributed by atoms with Crippen molar-refractivity contribution in [1.82, 2.24) is 0 Å². The molecule has 0 fully saturated rings. The second-order valence-corrected chi connectivity index (χ2v) is 4.02. The van der Waals surface area contributed by atoms with Gasteiger partial charge in [0.1, 0.15) is 0 Å². The summed E-state index contributed by atoms with van der Waals surface area (Å²) in [7, 11) is 0. The molecular weight excluding hydrogens is 242 g/mol. The van der Waals surface area contributed by atoms with Gasteiger partial charge >= 0.3 is 5.69 Å². The summed E-state index contributed by atoms with van der Waals surface area (Å²) >= 11 is 5.64. The second kappa shape index (κ2) is 7.12. The first-order valence-electron chi connectivity index (χ1n) is 5.65. The number of rotatable bonds is 7. The van der Waals surface area contributed by atoms with Gasteiger partial charge in [0, 0.05) is 11.9 Å². The summed E-state index contributed by atoms with van der Waals surface area (Å²) in [6.07, 6.45) is 3.06. The number of ether oxygens (including phenoxy) is 1. The van der Waals surface area contributed by atoms with Gasteiger partial charge in [0.2, 0.25) is 0 Å². The van der Waals surface area contributed by atoms with Crippen LogP contribution in [-0.4, -0.2) is 11.5 Å². The second-order valence-electron chi connectivity index (χ2n) is 3.75. The fraction of sp³-hybridized carbons (Fsp3) is 0.500. The Balaban J connectivity index is 2.73. The summed E-state index contributed by atoms with van der Waals surface area (Å²) in [6, 6.07) is 4.82. The van der Waals surface area contributed by atoms with Crippen LogP contribution >= 0.6 is 11.6 Å². The van der Waals surface area contributed by atoms with Gasteiger partial charge in [-0.2, -0.15) is 0 Å². The highest BCUT2D eigenvalue weighted by Crippen LogP contribution is 2.28. The molecule has 0 atom stereocenters. The van der Waals surface area contributed by atoms with Crippen molar-refractivity contribution in [2.75, 3.05) is 6.61 Å². The maximum atomic E-state index is 10.9. The van der Waals surface area contributed by atoms with Crippen LogP contribution in [0, 0.1) is 10.1 Å².